The van der Waals surface area contributed by atoms with Gasteiger partial charge in [0.2, 0.25) is 0 Å². The van der Waals surface area contributed by atoms with Gasteiger partial charge in [0.1, 0.15) is 19.6 Å². The molecule has 1 heterocycles. The lowest BCUT2D eigenvalue weighted by molar-refractivity contribution is -0.926. The molecule has 0 radical (unpaired) electrons. The summed E-state index contributed by atoms with van der Waals surface area (Å²) in [6, 6.07) is 5.17. The summed E-state index contributed by atoms with van der Waals surface area (Å²) in [5.74, 6) is 0.583. The number of rotatable bonds is 7. The lowest BCUT2D eigenvalue weighted by Gasteiger charge is -2.31. The second-order valence-electron chi connectivity index (χ2n) is 7.28. The molecule has 3 N–H and O–H groups in total. The Morgan fingerprint density at radius 2 is 2.08 bits per heavy atom. The van der Waals surface area contributed by atoms with Crippen LogP contribution in [-0.4, -0.2) is 58.4 Å². The molecule has 0 spiro atoms. The fourth-order valence-corrected chi connectivity index (χ4v) is 3.77. The number of nitrogens with one attached hydrogen (secondary N) is 3. The number of carbonyl (C=O) groups excluding carboxylic acids is 1. The predicted octanol–water partition coefficient (Wildman–Crippen LogP) is 0.386. The lowest BCUT2D eigenvalue weighted by atomic mass is 10.1. The Labute approximate surface area is 160 Å². The molecular formula is C18H29Cl2N3O2+2. The smallest absolute Gasteiger partial charge is 0.279 e. The van der Waals surface area contributed by atoms with Gasteiger partial charge in [0.15, 0.2) is 12.6 Å². The number of halogens is 2. The first-order valence-corrected chi connectivity index (χ1v) is 9.61. The summed E-state index contributed by atoms with van der Waals surface area (Å²) in [4.78, 5) is 15.0. The molecule has 0 aromatic heterocycles. The van der Waals surface area contributed by atoms with Crippen molar-refractivity contribution in [2.45, 2.75) is 20.0 Å². The van der Waals surface area contributed by atoms with E-state index in [1.165, 1.54) is 6.54 Å². The number of hydrogen-bond donors (Lipinski definition) is 3. The van der Waals surface area contributed by atoms with E-state index in [1.807, 2.05) is 7.05 Å². The molecule has 7 heteroatoms. The first-order chi connectivity index (χ1) is 11.8. The van der Waals surface area contributed by atoms with Crippen LogP contribution in [0.25, 0.3) is 0 Å². The average Bonchev–Trinajstić information content (AvgIpc) is 2.50. The monoisotopic (exact) mass is 389 g/mol. The maximum Gasteiger partial charge on any atom is 0.279 e. The van der Waals surface area contributed by atoms with E-state index in [0.29, 0.717) is 28.2 Å². The minimum absolute atomic E-state index is 0.102. The van der Waals surface area contributed by atoms with Crippen molar-refractivity contribution < 1.29 is 19.3 Å². The third kappa shape index (κ3) is 6.76. The van der Waals surface area contributed by atoms with Crippen LogP contribution in [0.15, 0.2) is 18.2 Å². The SMILES string of the molecule is CC(C)C[NH+]1CCO[C@H](C[NH+](C)CC(=O)Nc2c(Cl)cccc2Cl)C1. The predicted molar refractivity (Wildman–Crippen MR) is 102 cm³/mol. The number of carbonyl (C=O) groups is 1. The Morgan fingerprint density at radius 3 is 2.72 bits per heavy atom. The summed E-state index contributed by atoms with van der Waals surface area (Å²) < 4.78 is 5.88. The van der Waals surface area contributed by atoms with Crippen molar-refractivity contribution in [1.82, 2.24) is 0 Å². The van der Waals surface area contributed by atoms with Crippen molar-refractivity contribution in [2.24, 2.45) is 5.92 Å². The molecule has 2 rings (SSSR count). The maximum atomic E-state index is 12.3. The minimum atomic E-state index is -0.102. The maximum absolute atomic E-state index is 12.3. The molecule has 1 amide bonds. The highest BCUT2D eigenvalue weighted by molar-refractivity contribution is 6.39. The first kappa shape index (κ1) is 20.5. The molecule has 0 aliphatic carbocycles. The molecule has 3 atom stereocenters. The number of likely N-dealkylation sites (N-methyl/N-ethyl adjacent to an activating group) is 1. The van der Waals surface area contributed by atoms with Gasteiger partial charge in [0.05, 0.1) is 35.9 Å². The molecule has 2 unspecified atom stereocenters. The van der Waals surface area contributed by atoms with Crippen molar-refractivity contribution in [3.05, 3.63) is 28.2 Å². The molecular weight excluding hydrogens is 361 g/mol. The lowest BCUT2D eigenvalue weighted by Crippen LogP contribution is -3.18. The van der Waals surface area contributed by atoms with Gasteiger partial charge in [-0.1, -0.05) is 43.1 Å². The first-order valence-electron chi connectivity index (χ1n) is 8.85. The average molecular weight is 390 g/mol. The van der Waals surface area contributed by atoms with E-state index >= 15 is 0 Å². The Bertz CT molecular complexity index is 563. The topological polar surface area (TPSA) is 47.2 Å². The number of morpholine rings is 1. The highest BCUT2D eigenvalue weighted by atomic mass is 35.5. The van der Waals surface area contributed by atoms with Gasteiger partial charge in [0.25, 0.3) is 5.91 Å². The van der Waals surface area contributed by atoms with Crippen LogP contribution in [0.3, 0.4) is 0 Å². The van der Waals surface area contributed by atoms with E-state index in [0.717, 1.165) is 31.1 Å². The normalized spacial score (nSPS) is 22.0. The van der Waals surface area contributed by atoms with Gasteiger partial charge in [-0.05, 0) is 12.1 Å². The Kier molecular flexibility index (Phi) is 7.97. The third-order valence-corrected chi connectivity index (χ3v) is 4.92. The van der Waals surface area contributed by atoms with E-state index in [2.05, 4.69) is 19.2 Å². The second-order valence-corrected chi connectivity index (χ2v) is 8.09. The van der Waals surface area contributed by atoms with Gasteiger partial charge in [-0.15, -0.1) is 0 Å². The standard InChI is InChI=1S/C18H27Cl2N3O2/c1-13(2)9-23-7-8-25-14(11-23)10-22(3)12-17(24)21-18-15(19)5-4-6-16(18)20/h4-6,13-14H,7-12H2,1-3H3,(H,21,24)/p+2/t14-/m1/s1. The Balaban J connectivity index is 1.81. The molecule has 1 aliphatic rings. The number of quaternary nitrogens is 2. The Morgan fingerprint density at radius 1 is 1.40 bits per heavy atom. The van der Waals surface area contributed by atoms with Crippen molar-refractivity contribution in [2.75, 3.05) is 51.7 Å². The molecule has 0 saturated carbocycles. The number of anilines is 1. The highest BCUT2D eigenvalue weighted by Crippen LogP contribution is 2.29. The molecule has 25 heavy (non-hydrogen) atoms. The summed E-state index contributed by atoms with van der Waals surface area (Å²) in [6.45, 7) is 9.70. The Hall–Kier alpha value is -0.850. The summed E-state index contributed by atoms with van der Waals surface area (Å²) in [5, 5.41) is 3.70. The van der Waals surface area contributed by atoms with Crippen molar-refractivity contribution in [3.8, 4) is 0 Å². The summed E-state index contributed by atoms with van der Waals surface area (Å²) in [5.41, 5.74) is 0.477. The van der Waals surface area contributed by atoms with Crippen LogP contribution in [-0.2, 0) is 9.53 Å². The van der Waals surface area contributed by atoms with Crippen LogP contribution in [0, 0.1) is 5.92 Å². The zero-order chi connectivity index (χ0) is 18.4. The van der Waals surface area contributed by atoms with Crippen LogP contribution in [0.2, 0.25) is 10.0 Å². The zero-order valence-corrected chi connectivity index (χ0v) is 16.7. The van der Waals surface area contributed by atoms with Crippen molar-refractivity contribution in [3.63, 3.8) is 0 Å². The van der Waals surface area contributed by atoms with Gasteiger partial charge >= 0.3 is 0 Å². The number of hydrogen-bond acceptors (Lipinski definition) is 2. The summed E-state index contributed by atoms with van der Waals surface area (Å²) >= 11 is 12.2. The molecule has 1 aromatic rings. The van der Waals surface area contributed by atoms with Crippen LogP contribution < -0.4 is 15.1 Å². The van der Waals surface area contributed by atoms with Gasteiger partial charge in [-0.3, -0.25) is 4.79 Å². The van der Waals surface area contributed by atoms with Crippen LogP contribution in [0.1, 0.15) is 13.8 Å². The quantitative estimate of drug-likeness (QED) is 0.631. The molecule has 0 bridgehead atoms. The number of benzene rings is 1. The molecule has 1 saturated heterocycles. The number of para-hydroxylation sites is 1. The molecule has 1 aliphatic heterocycles. The van der Waals surface area contributed by atoms with E-state index in [1.54, 1.807) is 23.1 Å². The highest BCUT2D eigenvalue weighted by Gasteiger charge is 2.27. The fourth-order valence-electron chi connectivity index (χ4n) is 3.28. The minimum Gasteiger partial charge on any atom is -0.361 e. The van der Waals surface area contributed by atoms with E-state index in [9.17, 15) is 4.79 Å². The summed E-state index contributed by atoms with van der Waals surface area (Å²) in [6.07, 6.45) is 0.194. The van der Waals surface area contributed by atoms with Gasteiger partial charge in [-0.2, -0.15) is 0 Å². The number of amides is 1. The molecule has 140 valence electrons. The van der Waals surface area contributed by atoms with E-state index < -0.39 is 0 Å². The van der Waals surface area contributed by atoms with Gasteiger partial charge in [-0.25, -0.2) is 0 Å². The third-order valence-electron chi connectivity index (χ3n) is 4.29. The molecule has 1 fully saturated rings. The second kappa shape index (κ2) is 9.74. The van der Waals surface area contributed by atoms with E-state index in [-0.39, 0.29) is 12.0 Å². The van der Waals surface area contributed by atoms with Crippen LogP contribution in [0.4, 0.5) is 5.69 Å². The molecule has 1 aromatic carbocycles. The van der Waals surface area contributed by atoms with Crippen molar-refractivity contribution >= 4 is 34.8 Å². The van der Waals surface area contributed by atoms with Crippen LogP contribution in [0.5, 0.6) is 0 Å². The number of ether oxygens (including phenoxy) is 1. The van der Waals surface area contributed by atoms with E-state index in [4.69, 9.17) is 27.9 Å². The van der Waals surface area contributed by atoms with Crippen molar-refractivity contribution in [1.29, 1.82) is 0 Å². The molecule has 5 nitrogen and oxygen atoms in total. The largest absolute Gasteiger partial charge is 0.361 e. The zero-order valence-electron chi connectivity index (χ0n) is 15.2. The van der Waals surface area contributed by atoms with Gasteiger partial charge in [0, 0.05) is 5.92 Å². The van der Waals surface area contributed by atoms with Gasteiger partial charge < -0.3 is 19.9 Å². The fraction of sp³-hybridized carbons (Fsp3) is 0.611. The summed E-state index contributed by atoms with van der Waals surface area (Å²) in [7, 11) is 2.01. The van der Waals surface area contributed by atoms with Crippen LogP contribution >= 0.6 is 23.2 Å².